The Kier molecular flexibility index (Phi) is 4.72. The van der Waals surface area contributed by atoms with Crippen LogP contribution in [0.4, 0.5) is 5.69 Å². The highest BCUT2D eigenvalue weighted by atomic mass is 35.5. The van der Waals surface area contributed by atoms with Gasteiger partial charge in [0.2, 0.25) is 0 Å². The second-order valence-corrected chi connectivity index (χ2v) is 6.01. The maximum absolute atomic E-state index is 6.11. The largest absolute Gasteiger partial charge is 0.378 e. The monoisotopic (exact) mass is 334 g/mol. The quantitative estimate of drug-likeness (QED) is 0.746. The number of benzene rings is 1. The molecule has 5 nitrogen and oxygen atoms in total. The van der Waals surface area contributed by atoms with Crippen molar-refractivity contribution in [3.63, 3.8) is 0 Å². The normalized spacial score (nSPS) is 10.8. The fourth-order valence-electron chi connectivity index (χ4n) is 2.07. The molecule has 7 heteroatoms. The molecule has 3 rings (SSSR count). The Hall–Kier alpha value is -1.89. The minimum Gasteiger partial charge on any atom is -0.378 e. The van der Waals surface area contributed by atoms with E-state index >= 15 is 0 Å². The number of nitrogens with zero attached hydrogens (tertiary/aromatic N) is 3. The SMILES string of the molecule is COCc1nc(CNc2cc(Cl)ccc2-n2cccn2)cs1. The predicted octanol–water partition coefficient (Wildman–Crippen LogP) is 3.74. The van der Waals surface area contributed by atoms with E-state index in [-0.39, 0.29) is 0 Å². The molecule has 0 aliphatic rings. The molecule has 2 aromatic heterocycles. The molecule has 0 bridgehead atoms. The first-order valence-corrected chi connectivity index (χ1v) is 7.97. The summed E-state index contributed by atoms with van der Waals surface area (Å²) < 4.78 is 6.89. The van der Waals surface area contributed by atoms with Crippen molar-refractivity contribution in [2.75, 3.05) is 12.4 Å². The first-order chi connectivity index (χ1) is 10.8. The summed E-state index contributed by atoms with van der Waals surface area (Å²) in [5.74, 6) is 0. The van der Waals surface area contributed by atoms with Crippen LogP contribution in [0, 0.1) is 0 Å². The molecule has 0 spiro atoms. The topological polar surface area (TPSA) is 52.0 Å². The Balaban J connectivity index is 1.78. The van der Waals surface area contributed by atoms with Gasteiger partial charge in [0.15, 0.2) is 0 Å². The third-order valence-corrected chi connectivity index (χ3v) is 4.14. The predicted molar refractivity (Wildman–Crippen MR) is 88.7 cm³/mol. The van der Waals surface area contributed by atoms with Crippen LogP contribution in [-0.2, 0) is 17.9 Å². The molecule has 0 aliphatic heterocycles. The van der Waals surface area contributed by atoms with Crippen LogP contribution in [0.5, 0.6) is 0 Å². The third-order valence-electron chi connectivity index (χ3n) is 3.04. The number of halogens is 1. The van der Waals surface area contributed by atoms with Gasteiger partial charge in [0.1, 0.15) is 5.01 Å². The lowest BCUT2D eigenvalue weighted by Crippen LogP contribution is -2.05. The number of rotatable bonds is 6. The maximum Gasteiger partial charge on any atom is 0.119 e. The Morgan fingerprint density at radius 2 is 2.32 bits per heavy atom. The molecule has 0 aliphatic carbocycles. The molecule has 0 unspecified atom stereocenters. The fourth-order valence-corrected chi connectivity index (χ4v) is 3.00. The molecule has 1 aromatic carbocycles. The molecule has 0 amide bonds. The van der Waals surface area contributed by atoms with Gasteiger partial charge in [0, 0.05) is 29.9 Å². The molecule has 0 atom stereocenters. The Labute approximate surface area is 137 Å². The first kappa shape index (κ1) is 15.0. The summed E-state index contributed by atoms with van der Waals surface area (Å²) in [6.07, 6.45) is 3.64. The van der Waals surface area contributed by atoms with Crippen LogP contribution in [0.3, 0.4) is 0 Å². The van der Waals surface area contributed by atoms with Crippen molar-refractivity contribution in [2.24, 2.45) is 0 Å². The van der Waals surface area contributed by atoms with Crippen LogP contribution in [0.15, 0.2) is 42.0 Å². The van der Waals surface area contributed by atoms with Gasteiger partial charge in [0.05, 0.1) is 30.2 Å². The number of anilines is 1. The molecule has 1 N–H and O–H groups in total. The summed E-state index contributed by atoms with van der Waals surface area (Å²) in [5, 5.41) is 11.3. The highest BCUT2D eigenvalue weighted by molar-refractivity contribution is 7.09. The summed E-state index contributed by atoms with van der Waals surface area (Å²) >= 11 is 7.70. The van der Waals surface area contributed by atoms with Crippen LogP contribution in [0.2, 0.25) is 5.02 Å². The molecule has 22 heavy (non-hydrogen) atoms. The van der Waals surface area contributed by atoms with Gasteiger partial charge in [-0.1, -0.05) is 11.6 Å². The second kappa shape index (κ2) is 6.91. The average Bonchev–Trinajstić information content (AvgIpc) is 3.17. The molecule has 0 radical (unpaired) electrons. The molecule has 3 aromatic rings. The molecule has 114 valence electrons. The van der Waals surface area contributed by atoms with Crippen molar-refractivity contribution in [3.8, 4) is 5.69 Å². The van der Waals surface area contributed by atoms with E-state index in [9.17, 15) is 0 Å². The molecular formula is C15H15ClN4OS. The highest BCUT2D eigenvalue weighted by Gasteiger charge is 2.07. The van der Waals surface area contributed by atoms with Crippen molar-refractivity contribution in [1.29, 1.82) is 0 Å². The zero-order valence-electron chi connectivity index (χ0n) is 12.0. The average molecular weight is 335 g/mol. The number of methoxy groups -OCH3 is 1. The summed E-state index contributed by atoms with van der Waals surface area (Å²) in [4.78, 5) is 4.51. The lowest BCUT2D eigenvalue weighted by molar-refractivity contribution is 0.184. The van der Waals surface area contributed by atoms with Crippen LogP contribution in [0.1, 0.15) is 10.7 Å². The van der Waals surface area contributed by atoms with Crippen LogP contribution in [-0.4, -0.2) is 21.9 Å². The lowest BCUT2D eigenvalue weighted by atomic mass is 10.2. The van der Waals surface area contributed by atoms with Crippen molar-refractivity contribution in [3.05, 3.63) is 57.8 Å². The second-order valence-electron chi connectivity index (χ2n) is 4.63. The minimum atomic E-state index is 0.542. The van der Waals surface area contributed by atoms with E-state index in [4.69, 9.17) is 16.3 Å². The van der Waals surface area contributed by atoms with Gasteiger partial charge in [-0.15, -0.1) is 11.3 Å². The zero-order chi connectivity index (χ0) is 15.4. The summed E-state index contributed by atoms with van der Waals surface area (Å²) in [7, 11) is 1.67. The van der Waals surface area contributed by atoms with Gasteiger partial charge in [0.25, 0.3) is 0 Å². The molecule has 0 fully saturated rings. The van der Waals surface area contributed by atoms with Crippen molar-refractivity contribution < 1.29 is 4.74 Å². The van der Waals surface area contributed by atoms with Gasteiger partial charge >= 0.3 is 0 Å². The molecular weight excluding hydrogens is 320 g/mol. The number of aromatic nitrogens is 3. The van der Waals surface area contributed by atoms with Gasteiger partial charge in [-0.2, -0.15) is 5.10 Å². The van der Waals surface area contributed by atoms with Crippen molar-refractivity contribution >= 4 is 28.6 Å². The molecule has 0 saturated heterocycles. The maximum atomic E-state index is 6.11. The van der Waals surface area contributed by atoms with E-state index in [0.717, 1.165) is 22.1 Å². The van der Waals surface area contributed by atoms with Crippen molar-refractivity contribution in [1.82, 2.24) is 14.8 Å². The summed E-state index contributed by atoms with van der Waals surface area (Å²) in [6, 6.07) is 7.56. The Morgan fingerprint density at radius 1 is 1.41 bits per heavy atom. The van der Waals surface area contributed by atoms with Gasteiger partial charge in [-0.3, -0.25) is 0 Å². The van der Waals surface area contributed by atoms with E-state index in [0.29, 0.717) is 18.2 Å². The van der Waals surface area contributed by atoms with Gasteiger partial charge < -0.3 is 10.1 Å². The van der Waals surface area contributed by atoms with E-state index < -0.39 is 0 Å². The van der Waals surface area contributed by atoms with Crippen molar-refractivity contribution in [2.45, 2.75) is 13.2 Å². The van der Waals surface area contributed by atoms with E-state index in [1.54, 1.807) is 29.3 Å². The van der Waals surface area contributed by atoms with E-state index in [1.807, 2.05) is 35.8 Å². The van der Waals surface area contributed by atoms with Crippen LogP contribution < -0.4 is 5.32 Å². The minimum absolute atomic E-state index is 0.542. The summed E-state index contributed by atoms with van der Waals surface area (Å²) in [6.45, 7) is 1.16. The Morgan fingerprint density at radius 3 is 3.09 bits per heavy atom. The Bertz CT molecular complexity index is 742. The number of ether oxygens (including phenoxy) is 1. The smallest absolute Gasteiger partial charge is 0.119 e. The van der Waals surface area contributed by atoms with E-state index in [1.165, 1.54) is 0 Å². The first-order valence-electron chi connectivity index (χ1n) is 6.72. The van der Waals surface area contributed by atoms with Crippen LogP contribution >= 0.6 is 22.9 Å². The number of nitrogens with one attached hydrogen (secondary N) is 1. The third kappa shape index (κ3) is 3.47. The zero-order valence-corrected chi connectivity index (χ0v) is 13.6. The van der Waals surface area contributed by atoms with Crippen LogP contribution in [0.25, 0.3) is 5.69 Å². The number of thiazole rings is 1. The summed E-state index contributed by atoms with van der Waals surface area (Å²) in [5.41, 5.74) is 2.84. The van der Waals surface area contributed by atoms with Gasteiger partial charge in [-0.25, -0.2) is 9.67 Å². The van der Waals surface area contributed by atoms with Gasteiger partial charge in [-0.05, 0) is 24.3 Å². The number of hydrogen-bond donors (Lipinski definition) is 1. The fraction of sp³-hybridized carbons (Fsp3) is 0.200. The lowest BCUT2D eigenvalue weighted by Gasteiger charge is -2.11. The van der Waals surface area contributed by atoms with E-state index in [2.05, 4.69) is 15.4 Å². The number of hydrogen-bond acceptors (Lipinski definition) is 5. The molecule has 2 heterocycles. The molecule has 0 saturated carbocycles. The highest BCUT2D eigenvalue weighted by Crippen LogP contribution is 2.25. The standard InChI is InChI=1S/C15H15ClN4OS/c1-21-9-15-19-12(10-22-15)8-17-13-7-11(16)3-4-14(13)20-6-2-5-18-20/h2-7,10,17H,8-9H2,1H3.